The minimum absolute atomic E-state index is 0.156. The third kappa shape index (κ3) is 5.06. The van der Waals surface area contributed by atoms with Crippen LogP contribution in [0.1, 0.15) is 27.4 Å². The minimum atomic E-state index is -0.219. The molecule has 0 spiro atoms. The van der Waals surface area contributed by atoms with E-state index in [1.807, 2.05) is 48.5 Å². The lowest BCUT2D eigenvalue weighted by molar-refractivity contribution is 0.0955. The zero-order valence-corrected chi connectivity index (χ0v) is 18.0. The van der Waals surface area contributed by atoms with Crippen molar-refractivity contribution in [1.29, 1.82) is 0 Å². The number of benzene rings is 1. The molecule has 1 N–H and O–H groups in total. The Bertz CT molecular complexity index is 1230. The van der Waals surface area contributed by atoms with E-state index in [4.69, 9.17) is 4.42 Å². The number of pyridine rings is 2. The van der Waals surface area contributed by atoms with E-state index in [0.29, 0.717) is 35.2 Å². The van der Waals surface area contributed by atoms with E-state index in [1.165, 1.54) is 0 Å². The maximum absolute atomic E-state index is 13.0. The molecule has 0 saturated heterocycles. The highest BCUT2D eigenvalue weighted by Gasteiger charge is 2.14. The molecule has 0 atom stereocenters. The summed E-state index contributed by atoms with van der Waals surface area (Å²) in [7, 11) is 0. The van der Waals surface area contributed by atoms with Gasteiger partial charge in [0.25, 0.3) is 11.5 Å². The van der Waals surface area contributed by atoms with Gasteiger partial charge < -0.3 is 14.3 Å². The van der Waals surface area contributed by atoms with Gasteiger partial charge in [-0.25, -0.2) is 0 Å². The van der Waals surface area contributed by atoms with Gasteiger partial charge in [-0.3, -0.25) is 14.6 Å². The van der Waals surface area contributed by atoms with Gasteiger partial charge in [0.05, 0.1) is 40.7 Å². The Hall–Kier alpha value is -3.32. The highest BCUT2D eigenvalue weighted by atomic mass is 32.2. The summed E-state index contributed by atoms with van der Waals surface area (Å²) >= 11 is 1.68. The highest BCUT2D eigenvalue weighted by Crippen LogP contribution is 2.15. The van der Waals surface area contributed by atoms with Crippen LogP contribution in [0.4, 0.5) is 0 Å². The number of carbonyl (C=O) groups excluding carboxylic acids is 1. The summed E-state index contributed by atoms with van der Waals surface area (Å²) in [6.07, 6.45) is 3.40. The second-order valence-corrected chi connectivity index (χ2v) is 8.28. The maximum atomic E-state index is 13.0. The summed E-state index contributed by atoms with van der Waals surface area (Å²) < 4.78 is 6.94. The Morgan fingerprint density at radius 3 is 2.77 bits per heavy atom. The second-order valence-electron chi connectivity index (χ2n) is 7.18. The van der Waals surface area contributed by atoms with Crippen molar-refractivity contribution >= 4 is 28.6 Å². The third-order valence-electron chi connectivity index (χ3n) is 4.94. The van der Waals surface area contributed by atoms with E-state index >= 15 is 0 Å². The van der Waals surface area contributed by atoms with Crippen LogP contribution in [0.2, 0.25) is 0 Å². The molecule has 4 aromatic rings. The molecule has 4 rings (SSSR count). The summed E-state index contributed by atoms with van der Waals surface area (Å²) in [5.74, 6) is 2.22. The molecule has 3 heterocycles. The van der Waals surface area contributed by atoms with E-state index in [9.17, 15) is 9.59 Å². The molecule has 0 bridgehead atoms. The normalized spacial score (nSPS) is 11.0. The Morgan fingerprint density at radius 2 is 2.00 bits per heavy atom. The number of nitrogens with one attached hydrogen (secondary N) is 1. The molecule has 6 nitrogen and oxygen atoms in total. The number of nitrogens with zero attached hydrogens (tertiary/aromatic N) is 2. The van der Waals surface area contributed by atoms with Gasteiger partial charge in [0.1, 0.15) is 5.76 Å². The molecule has 3 aromatic heterocycles. The molecule has 31 heavy (non-hydrogen) atoms. The number of amides is 1. The van der Waals surface area contributed by atoms with Crippen molar-refractivity contribution < 1.29 is 9.21 Å². The molecule has 1 amide bonds. The van der Waals surface area contributed by atoms with Crippen molar-refractivity contribution in [1.82, 2.24) is 14.9 Å². The Morgan fingerprint density at radius 1 is 1.16 bits per heavy atom. The van der Waals surface area contributed by atoms with Crippen molar-refractivity contribution in [2.24, 2.45) is 0 Å². The zero-order chi connectivity index (χ0) is 21.6. The van der Waals surface area contributed by atoms with Crippen LogP contribution < -0.4 is 10.9 Å². The van der Waals surface area contributed by atoms with Gasteiger partial charge in [0, 0.05) is 18.5 Å². The van der Waals surface area contributed by atoms with Crippen LogP contribution in [0, 0.1) is 6.92 Å². The van der Waals surface area contributed by atoms with E-state index in [0.717, 1.165) is 22.8 Å². The fourth-order valence-electron chi connectivity index (χ4n) is 3.34. The lowest BCUT2D eigenvalue weighted by atomic mass is 10.1. The fourth-order valence-corrected chi connectivity index (χ4v) is 4.10. The minimum Gasteiger partial charge on any atom is -0.468 e. The molecule has 0 fully saturated rings. The number of aryl methyl sites for hydroxylation is 1. The van der Waals surface area contributed by atoms with E-state index < -0.39 is 0 Å². The molecule has 7 heteroatoms. The van der Waals surface area contributed by atoms with Crippen molar-refractivity contribution in [3.05, 3.63) is 100.0 Å². The number of fused-ring (bicyclic) bond motifs is 1. The summed E-state index contributed by atoms with van der Waals surface area (Å²) in [5.41, 5.74) is 2.51. The predicted molar refractivity (Wildman–Crippen MR) is 123 cm³/mol. The summed E-state index contributed by atoms with van der Waals surface area (Å²) in [5, 5.41) is 3.36. The summed E-state index contributed by atoms with van der Waals surface area (Å²) in [6.45, 7) is 2.78. The number of hydrogen-bond acceptors (Lipinski definition) is 5. The average molecular weight is 434 g/mol. The van der Waals surface area contributed by atoms with Gasteiger partial charge in [-0.1, -0.05) is 30.3 Å². The SMILES string of the molecule is Cc1nc2ccn(Cc3ccccc3)c(=O)c2cc1C(=O)NCCSCc1ccco1. The number of carbonyl (C=O) groups is 1. The molecule has 158 valence electrons. The summed E-state index contributed by atoms with van der Waals surface area (Å²) in [4.78, 5) is 30.2. The van der Waals surface area contributed by atoms with E-state index in [-0.39, 0.29) is 11.5 Å². The molecule has 0 saturated carbocycles. The number of furan rings is 1. The molecular weight excluding hydrogens is 410 g/mol. The number of hydrogen-bond donors (Lipinski definition) is 1. The van der Waals surface area contributed by atoms with Gasteiger partial charge in [-0.05, 0) is 36.8 Å². The quantitative estimate of drug-likeness (QED) is 0.425. The lowest BCUT2D eigenvalue weighted by Gasteiger charge is -2.11. The van der Waals surface area contributed by atoms with Crippen LogP contribution in [0.15, 0.2) is 76.3 Å². The largest absolute Gasteiger partial charge is 0.468 e. The van der Waals surface area contributed by atoms with E-state index in [2.05, 4.69) is 10.3 Å². The highest BCUT2D eigenvalue weighted by molar-refractivity contribution is 7.98. The molecule has 0 aliphatic rings. The van der Waals surface area contributed by atoms with Crippen molar-refractivity contribution in [2.45, 2.75) is 19.2 Å². The van der Waals surface area contributed by atoms with Crippen LogP contribution in [0.3, 0.4) is 0 Å². The van der Waals surface area contributed by atoms with Gasteiger partial charge >= 0.3 is 0 Å². The lowest BCUT2D eigenvalue weighted by Crippen LogP contribution is -2.27. The Labute approximate surface area is 184 Å². The van der Waals surface area contributed by atoms with Gasteiger partial charge in [-0.15, -0.1) is 0 Å². The molecule has 0 unspecified atom stereocenters. The van der Waals surface area contributed by atoms with Crippen LogP contribution in [-0.4, -0.2) is 27.8 Å². The molecule has 1 aromatic carbocycles. The zero-order valence-electron chi connectivity index (χ0n) is 17.2. The van der Waals surface area contributed by atoms with Crippen LogP contribution in [0.25, 0.3) is 10.9 Å². The second kappa shape index (κ2) is 9.66. The fraction of sp³-hybridized carbons (Fsp3) is 0.208. The van der Waals surface area contributed by atoms with Crippen molar-refractivity contribution in [2.75, 3.05) is 12.3 Å². The van der Waals surface area contributed by atoms with Crippen molar-refractivity contribution in [3.63, 3.8) is 0 Å². The van der Waals surface area contributed by atoms with Crippen LogP contribution in [0.5, 0.6) is 0 Å². The van der Waals surface area contributed by atoms with Gasteiger partial charge in [0.2, 0.25) is 0 Å². The average Bonchev–Trinajstić information content (AvgIpc) is 3.29. The topological polar surface area (TPSA) is 77.1 Å². The van der Waals surface area contributed by atoms with Crippen molar-refractivity contribution in [3.8, 4) is 0 Å². The molecule has 0 aliphatic carbocycles. The first-order chi connectivity index (χ1) is 15.1. The van der Waals surface area contributed by atoms with Crippen LogP contribution >= 0.6 is 11.8 Å². The monoisotopic (exact) mass is 433 g/mol. The standard InChI is InChI=1S/C24H23N3O3S/c1-17-20(23(28)25-10-13-31-16-19-8-5-12-30-19)14-21-22(26-17)9-11-27(24(21)29)15-18-6-3-2-4-7-18/h2-9,11-12,14H,10,13,15-16H2,1H3,(H,25,28). The Balaban J connectivity index is 1.46. The molecule has 0 aliphatic heterocycles. The first kappa shape index (κ1) is 20.9. The first-order valence-electron chi connectivity index (χ1n) is 10.0. The third-order valence-corrected chi connectivity index (χ3v) is 5.92. The number of thioether (sulfide) groups is 1. The molecular formula is C24H23N3O3S. The van der Waals surface area contributed by atoms with Gasteiger partial charge in [-0.2, -0.15) is 11.8 Å². The van der Waals surface area contributed by atoms with E-state index in [1.54, 1.807) is 41.8 Å². The number of aromatic nitrogens is 2. The smallest absolute Gasteiger partial charge is 0.260 e. The van der Waals surface area contributed by atoms with Gasteiger partial charge in [0.15, 0.2) is 0 Å². The summed E-state index contributed by atoms with van der Waals surface area (Å²) in [6, 6.07) is 17.1. The predicted octanol–water partition coefficient (Wildman–Crippen LogP) is 4.01. The Kier molecular flexibility index (Phi) is 6.52. The number of rotatable bonds is 8. The first-order valence-corrected chi connectivity index (χ1v) is 11.2. The molecule has 0 radical (unpaired) electrons. The maximum Gasteiger partial charge on any atom is 0.260 e. The van der Waals surface area contributed by atoms with Crippen LogP contribution in [-0.2, 0) is 12.3 Å².